The summed E-state index contributed by atoms with van der Waals surface area (Å²) < 4.78 is 5.93. The van der Waals surface area contributed by atoms with E-state index in [4.69, 9.17) is 32.6 Å². The van der Waals surface area contributed by atoms with E-state index in [0.29, 0.717) is 38.2 Å². The summed E-state index contributed by atoms with van der Waals surface area (Å²) in [7, 11) is 0. The van der Waals surface area contributed by atoms with Crippen LogP contribution in [0.2, 0.25) is 10.0 Å². The molecule has 31 heavy (non-hydrogen) atoms. The molecule has 0 aliphatic carbocycles. The van der Waals surface area contributed by atoms with E-state index in [9.17, 15) is 4.79 Å². The minimum absolute atomic E-state index is 0.0796. The number of thioether (sulfide) groups is 1. The molecular formula is C24H20Cl2N2O2S. The van der Waals surface area contributed by atoms with Crippen molar-refractivity contribution in [3.63, 3.8) is 0 Å². The van der Waals surface area contributed by atoms with Gasteiger partial charge in [-0.1, -0.05) is 35.3 Å². The van der Waals surface area contributed by atoms with Crippen molar-refractivity contribution in [3.05, 3.63) is 80.4 Å². The highest BCUT2D eigenvalue weighted by atomic mass is 35.5. The third-order valence-corrected chi connectivity index (χ3v) is 6.63. The summed E-state index contributed by atoms with van der Waals surface area (Å²) in [6.45, 7) is 6.52. The van der Waals surface area contributed by atoms with Crippen LogP contribution in [0.4, 0.5) is 5.69 Å². The van der Waals surface area contributed by atoms with Gasteiger partial charge in [-0.05, 0) is 80.1 Å². The van der Waals surface area contributed by atoms with E-state index in [2.05, 4.69) is 6.07 Å². The van der Waals surface area contributed by atoms with Crippen LogP contribution in [-0.4, -0.2) is 22.5 Å². The van der Waals surface area contributed by atoms with E-state index in [-0.39, 0.29) is 5.91 Å². The lowest BCUT2D eigenvalue weighted by Gasteiger charge is -2.12. The predicted octanol–water partition coefficient (Wildman–Crippen LogP) is 7.49. The van der Waals surface area contributed by atoms with Gasteiger partial charge in [-0.15, -0.1) is 0 Å². The number of aryl methyl sites for hydroxylation is 2. The average Bonchev–Trinajstić information content (AvgIpc) is 3.32. The Kier molecular flexibility index (Phi) is 6.28. The molecule has 3 aromatic rings. The van der Waals surface area contributed by atoms with Gasteiger partial charge in [0.2, 0.25) is 0 Å². The fourth-order valence-electron chi connectivity index (χ4n) is 3.18. The van der Waals surface area contributed by atoms with Crippen LogP contribution < -0.4 is 0 Å². The summed E-state index contributed by atoms with van der Waals surface area (Å²) >= 11 is 13.5. The lowest BCUT2D eigenvalue weighted by atomic mass is 10.1. The van der Waals surface area contributed by atoms with Gasteiger partial charge in [-0.25, -0.2) is 4.99 Å². The van der Waals surface area contributed by atoms with Crippen LogP contribution in [0.3, 0.4) is 0 Å². The van der Waals surface area contributed by atoms with Crippen molar-refractivity contribution in [2.24, 2.45) is 4.99 Å². The van der Waals surface area contributed by atoms with Crippen molar-refractivity contribution in [2.75, 3.05) is 6.54 Å². The summed E-state index contributed by atoms with van der Waals surface area (Å²) in [6.07, 6.45) is 1.75. The Morgan fingerprint density at radius 2 is 1.87 bits per heavy atom. The van der Waals surface area contributed by atoms with Crippen molar-refractivity contribution in [2.45, 2.75) is 20.8 Å². The largest absolute Gasteiger partial charge is 0.457 e. The molecule has 0 N–H and O–H groups in total. The minimum atomic E-state index is -0.0796. The smallest absolute Gasteiger partial charge is 0.266 e. The number of amides is 1. The molecule has 0 unspecified atom stereocenters. The highest BCUT2D eigenvalue weighted by Gasteiger charge is 2.32. The van der Waals surface area contributed by atoms with Crippen molar-refractivity contribution >= 4 is 57.8 Å². The van der Waals surface area contributed by atoms with E-state index in [1.807, 2.05) is 51.1 Å². The molecule has 1 aromatic heterocycles. The monoisotopic (exact) mass is 470 g/mol. The number of aliphatic imine (C=N–C) groups is 1. The van der Waals surface area contributed by atoms with E-state index < -0.39 is 0 Å². The minimum Gasteiger partial charge on any atom is -0.457 e. The molecule has 0 spiro atoms. The summed E-state index contributed by atoms with van der Waals surface area (Å²) in [5.41, 5.74) is 3.88. The van der Waals surface area contributed by atoms with Crippen LogP contribution in [0.1, 0.15) is 23.8 Å². The normalized spacial score (nSPS) is 16.7. The fraction of sp³-hybridized carbons (Fsp3) is 0.167. The third-order valence-electron chi connectivity index (χ3n) is 4.89. The zero-order chi connectivity index (χ0) is 22.1. The van der Waals surface area contributed by atoms with E-state index in [1.54, 1.807) is 23.1 Å². The van der Waals surface area contributed by atoms with Gasteiger partial charge in [-0.2, -0.15) is 0 Å². The molecule has 4 nitrogen and oxygen atoms in total. The lowest BCUT2D eigenvalue weighted by molar-refractivity contribution is -0.122. The van der Waals surface area contributed by atoms with Crippen molar-refractivity contribution in [1.82, 2.24) is 4.90 Å². The number of nitrogens with zero attached hydrogens (tertiary/aromatic N) is 2. The van der Waals surface area contributed by atoms with Gasteiger partial charge in [0.05, 0.1) is 20.6 Å². The maximum atomic E-state index is 12.9. The Morgan fingerprint density at radius 3 is 2.61 bits per heavy atom. The molecule has 7 heteroatoms. The number of rotatable bonds is 4. The molecule has 1 aliphatic heterocycles. The first-order valence-corrected chi connectivity index (χ1v) is 11.4. The number of furan rings is 1. The highest BCUT2D eigenvalue weighted by Crippen LogP contribution is 2.36. The molecule has 0 saturated carbocycles. The summed E-state index contributed by atoms with van der Waals surface area (Å²) in [4.78, 5) is 20.0. The predicted molar refractivity (Wildman–Crippen MR) is 130 cm³/mol. The molecule has 158 valence electrons. The Morgan fingerprint density at radius 1 is 1.06 bits per heavy atom. The molecule has 0 radical (unpaired) electrons. The van der Waals surface area contributed by atoms with Crippen LogP contribution in [0, 0.1) is 13.8 Å². The zero-order valence-corrected chi connectivity index (χ0v) is 19.6. The molecule has 1 fully saturated rings. The number of halogens is 2. The second-order valence-corrected chi connectivity index (χ2v) is 9.00. The SMILES string of the molecule is CCN1C(=O)/C(=C\c2ccc(-c3ccc(Cl)c(Cl)c3)o2)SC1=Nc1cc(C)ccc1C. The van der Waals surface area contributed by atoms with Crippen molar-refractivity contribution in [1.29, 1.82) is 0 Å². The van der Waals surface area contributed by atoms with Crippen LogP contribution in [0.25, 0.3) is 17.4 Å². The molecule has 0 atom stereocenters. The van der Waals surface area contributed by atoms with Gasteiger partial charge in [-0.3, -0.25) is 9.69 Å². The number of benzene rings is 2. The third kappa shape index (κ3) is 4.59. The molecule has 4 rings (SSSR count). The molecule has 0 bridgehead atoms. The zero-order valence-electron chi connectivity index (χ0n) is 17.3. The molecule has 2 heterocycles. The second-order valence-electron chi connectivity index (χ2n) is 7.18. The van der Waals surface area contributed by atoms with Crippen LogP contribution in [-0.2, 0) is 4.79 Å². The Labute approximate surface area is 195 Å². The van der Waals surface area contributed by atoms with Crippen LogP contribution in [0.15, 0.2) is 62.8 Å². The average molecular weight is 471 g/mol. The maximum absolute atomic E-state index is 12.9. The molecule has 1 amide bonds. The van der Waals surface area contributed by atoms with Gasteiger partial charge in [0.25, 0.3) is 5.91 Å². The van der Waals surface area contributed by atoms with Crippen LogP contribution in [0.5, 0.6) is 0 Å². The Hall–Kier alpha value is -2.47. The van der Waals surface area contributed by atoms with E-state index in [0.717, 1.165) is 22.4 Å². The van der Waals surface area contributed by atoms with Gasteiger partial charge in [0, 0.05) is 18.2 Å². The second kappa shape index (κ2) is 8.95. The summed E-state index contributed by atoms with van der Waals surface area (Å²) in [5, 5.41) is 1.62. The Bertz CT molecular complexity index is 1230. The first-order chi connectivity index (χ1) is 14.9. The number of amidine groups is 1. The first-order valence-electron chi connectivity index (χ1n) is 9.78. The van der Waals surface area contributed by atoms with Gasteiger partial charge in [0.15, 0.2) is 5.17 Å². The maximum Gasteiger partial charge on any atom is 0.266 e. The number of hydrogen-bond acceptors (Lipinski definition) is 4. The lowest BCUT2D eigenvalue weighted by Crippen LogP contribution is -2.28. The number of likely N-dealkylation sites (N-methyl/N-ethyl adjacent to an activating group) is 1. The number of carbonyl (C=O) groups is 1. The van der Waals surface area contributed by atoms with Crippen molar-refractivity contribution < 1.29 is 9.21 Å². The Balaban J connectivity index is 1.63. The number of hydrogen-bond donors (Lipinski definition) is 0. The van der Waals surface area contributed by atoms with E-state index in [1.165, 1.54) is 11.8 Å². The highest BCUT2D eigenvalue weighted by molar-refractivity contribution is 8.18. The van der Waals surface area contributed by atoms with Gasteiger partial charge >= 0.3 is 0 Å². The van der Waals surface area contributed by atoms with Gasteiger partial charge in [0.1, 0.15) is 11.5 Å². The molecule has 2 aromatic carbocycles. The molecule has 1 saturated heterocycles. The number of carbonyl (C=O) groups excluding carboxylic acids is 1. The molecule has 1 aliphatic rings. The fourth-order valence-corrected chi connectivity index (χ4v) is 4.51. The molecular weight excluding hydrogens is 451 g/mol. The van der Waals surface area contributed by atoms with E-state index >= 15 is 0 Å². The summed E-state index contributed by atoms with van der Waals surface area (Å²) in [6, 6.07) is 15.1. The summed E-state index contributed by atoms with van der Waals surface area (Å²) in [5.74, 6) is 1.16. The van der Waals surface area contributed by atoms with Crippen LogP contribution >= 0.6 is 35.0 Å². The quantitative estimate of drug-likeness (QED) is 0.370. The van der Waals surface area contributed by atoms with Crippen molar-refractivity contribution in [3.8, 4) is 11.3 Å². The first kappa shape index (κ1) is 21.8. The van der Waals surface area contributed by atoms with Gasteiger partial charge < -0.3 is 4.42 Å². The topological polar surface area (TPSA) is 45.8 Å². The standard InChI is InChI=1S/C24H20Cl2N2O2S/c1-4-28-23(29)22(31-24(28)27-20-11-14(2)5-6-15(20)3)13-17-8-10-21(30-17)16-7-9-18(25)19(26)12-16/h5-13H,4H2,1-3H3/b22-13+,27-24?.